The van der Waals surface area contributed by atoms with Crippen LogP contribution in [0.25, 0.3) is 11.1 Å². The number of nitrogens with zero attached hydrogens (tertiary/aromatic N) is 1. The van der Waals surface area contributed by atoms with Gasteiger partial charge >= 0.3 is 0 Å². The van der Waals surface area contributed by atoms with Crippen LogP contribution in [0.5, 0.6) is 0 Å². The number of benzene rings is 2. The Morgan fingerprint density at radius 3 is 2.55 bits per heavy atom. The Hall–Kier alpha value is -1.51. The minimum absolute atomic E-state index is 0.819. The summed E-state index contributed by atoms with van der Waals surface area (Å²) in [7, 11) is 4.11. The molecule has 0 atom stereocenters. The fourth-order valence-electron chi connectivity index (χ4n) is 2.78. The van der Waals surface area contributed by atoms with Crippen molar-refractivity contribution in [3.05, 3.63) is 52.5 Å². The Kier molecular flexibility index (Phi) is 3.68. The molecule has 0 aliphatic carbocycles. The van der Waals surface area contributed by atoms with Crippen molar-refractivity contribution in [1.29, 1.82) is 0 Å². The van der Waals surface area contributed by atoms with E-state index in [0.717, 1.165) is 24.5 Å². The summed E-state index contributed by atoms with van der Waals surface area (Å²) < 4.78 is 0. The molecule has 0 bridgehead atoms. The first-order chi connectivity index (χ1) is 9.65. The maximum atomic E-state index is 6.28. The summed E-state index contributed by atoms with van der Waals surface area (Å²) in [6, 6.07) is 12.9. The molecule has 0 unspecified atom stereocenters. The summed E-state index contributed by atoms with van der Waals surface area (Å²) >= 11 is 6.28. The van der Waals surface area contributed by atoms with Crippen molar-refractivity contribution >= 4 is 17.3 Å². The molecule has 3 heteroatoms. The Balaban J connectivity index is 2.07. The second-order valence-electron chi connectivity index (χ2n) is 5.46. The summed E-state index contributed by atoms with van der Waals surface area (Å²) in [6.07, 6.45) is 1.07. The molecule has 20 heavy (non-hydrogen) atoms. The lowest BCUT2D eigenvalue weighted by Crippen LogP contribution is -2.24. The third-order valence-corrected chi connectivity index (χ3v) is 4.09. The molecule has 2 aromatic rings. The van der Waals surface area contributed by atoms with Crippen molar-refractivity contribution < 1.29 is 0 Å². The summed E-state index contributed by atoms with van der Waals surface area (Å²) in [6.45, 7) is 1.95. The topological polar surface area (TPSA) is 15.3 Å². The largest absolute Gasteiger partial charge is 0.378 e. The Labute approximate surface area is 125 Å². The molecule has 1 aliphatic rings. The van der Waals surface area contributed by atoms with Crippen molar-refractivity contribution in [2.24, 2.45) is 0 Å². The quantitative estimate of drug-likeness (QED) is 0.905. The standard InChI is InChI=1S/C17H19ClN2/c1-20(2)15-5-3-12(4-6-15)17-10-14(18)9-13-11-19-8-7-16(13)17/h3-6,9-10,19H,7-8,11H2,1-2H3. The summed E-state index contributed by atoms with van der Waals surface area (Å²) in [5.41, 5.74) is 6.50. The first-order valence-electron chi connectivity index (χ1n) is 6.95. The van der Waals surface area contributed by atoms with Gasteiger partial charge in [-0.3, -0.25) is 0 Å². The maximum absolute atomic E-state index is 6.28. The molecule has 0 radical (unpaired) electrons. The van der Waals surface area contributed by atoms with Gasteiger partial charge in [-0.2, -0.15) is 0 Å². The SMILES string of the molecule is CN(C)c1ccc(-c2cc(Cl)cc3c2CCNC3)cc1. The number of nitrogens with one attached hydrogen (secondary N) is 1. The summed E-state index contributed by atoms with van der Waals surface area (Å²) in [5, 5.41) is 4.22. The fraction of sp³-hybridized carbons (Fsp3) is 0.294. The van der Waals surface area contributed by atoms with E-state index >= 15 is 0 Å². The number of fused-ring (bicyclic) bond motifs is 1. The molecule has 3 rings (SSSR count). The van der Waals surface area contributed by atoms with Crippen molar-refractivity contribution in [3.63, 3.8) is 0 Å². The maximum Gasteiger partial charge on any atom is 0.0415 e. The van der Waals surface area contributed by atoms with Gasteiger partial charge in [0.05, 0.1) is 0 Å². The first kappa shape index (κ1) is 13.5. The van der Waals surface area contributed by atoms with E-state index in [2.05, 4.69) is 60.7 Å². The van der Waals surface area contributed by atoms with Crippen molar-refractivity contribution in [2.75, 3.05) is 25.5 Å². The van der Waals surface area contributed by atoms with Crippen LogP contribution in [0.2, 0.25) is 5.02 Å². The predicted octanol–water partition coefficient (Wildman–Crippen LogP) is 3.72. The van der Waals surface area contributed by atoms with Gasteiger partial charge in [0.2, 0.25) is 0 Å². The molecule has 1 heterocycles. The monoisotopic (exact) mass is 286 g/mol. The molecule has 2 aromatic carbocycles. The second kappa shape index (κ2) is 5.47. The van der Waals surface area contributed by atoms with E-state index in [4.69, 9.17) is 11.6 Å². The normalized spacial score (nSPS) is 13.9. The fourth-order valence-corrected chi connectivity index (χ4v) is 3.02. The Morgan fingerprint density at radius 2 is 1.85 bits per heavy atom. The number of hydrogen-bond donors (Lipinski definition) is 1. The zero-order chi connectivity index (χ0) is 14.1. The van der Waals surface area contributed by atoms with Crippen LogP contribution in [-0.4, -0.2) is 20.6 Å². The smallest absolute Gasteiger partial charge is 0.0415 e. The Morgan fingerprint density at radius 1 is 1.10 bits per heavy atom. The lowest BCUT2D eigenvalue weighted by molar-refractivity contribution is 0.645. The molecule has 1 aliphatic heterocycles. The molecule has 1 N–H and O–H groups in total. The molecule has 0 saturated carbocycles. The van der Waals surface area contributed by atoms with Gasteiger partial charge in [0.25, 0.3) is 0 Å². The van der Waals surface area contributed by atoms with Crippen LogP contribution in [0.4, 0.5) is 5.69 Å². The highest BCUT2D eigenvalue weighted by molar-refractivity contribution is 6.31. The van der Waals surface area contributed by atoms with Crippen LogP contribution in [0.1, 0.15) is 11.1 Å². The van der Waals surface area contributed by atoms with Gasteiger partial charge in [-0.05, 0) is 59.5 Å². The van der Waals surface area contributed by atoms with Crippen LogP contribution < -0.4 is 10.2 Å². The van der Waals surface area contributed by atoms with Gasteiger partial charge < -0.3 is 10.2 Å². The number of halogens is 1. The first-order valence-corrected chi connectivity index (χ1v) is 7.33. The van der Waals surface area contributed by atoms with E-state index in [9.17, 15) is 0 Å². The highest BCUT2D eigenvalue weighted by Crippen LogP contribution is 2.32. The van der Waals surface area contributed by atoms with E-state index in [1.165, 1.54) is 27.9 Å². The van der Waals surface area contributed by atoms with Crippen LogP contribution in [0.15, 0.2) is 36.4 Å². The third kappa shape index (κ3) is 2.54. The van der Waals surface area contributed by atoms with Gasteiger partial charge in [-0.15, -0.1) is 0 Å². The molecule has 0 spiro atoms. The highest BCUT2D eigenvalue weighted by Gasteiger charge is 2.15. The van der Waals surface area contributed by atoms with Crippen molar-refractivity contribution in [1.82, 2.24) is 5.32 Å². The van der Waals surface area contributed by atoms with Crippen LogP contribution in [0, 0.1) is 0 Å². The molecule has 0 saturated heterocycles. The van der Waals surface area contributed by atoms with Crippen LogP contribution in [-0.2, 0) is 13.0 Å². The lowest BCUT2D eigenvalue weighted by Gasteiger charge is -2.21. The van der Waals surface area contributed by atoms with E-state index in [1.54, 1.807) is 0 Å². The molecule has 0 amide bonds. The lowest BCUT2D eigenvalue weighted by atomic mass is 9.91. The zero-order valence-corrected chi connectivity index (χ0v) is 12.7. The molecule has 0 aromatic heterocycles. The van der Waals surface area contributed by atoms with Crippen LogP contribution in [0.3, 0.4) is 0 Å². The molecule has 2 nitrogen and oxygen atoms in total. The van der Waals surface area contributed by atoms with Crippen LogP contribution >= 0.6 is 11.6 Å². The van der Waals surface area contributed by atoms with E-state index in [-0.39, 0.29) is 0 Å². The average Bonchev–Trinajstić information content (AvgIpc) is 2.46. The minimum Gasteiger partial charge on any atom is -0.378 e. The Bertz CT molecular complexity index is 618. The predicted molar refractivity (Wildman–Crippen MR) is 86.6 cm³/mol. The average molecular weight is 287 g/mol. The van der Waals surface area contributed by atoms with Crippen molar-refractivity contribution in [2.45, 2.75) is 13.0 Å². The van der Waals surface area contributed by atoms with Gasteiger partial charge in [-0.25, -0.2) is 0 Å². The van der Waals surface area contributed by atoms with E-state index in [1.807, 2.05) is 0 Å². The molecule has 104 valence electrons. The van der Waals surface area contributed by atoms with E-state index < -0.39 is 0 Å². The number of hydrogen-bond acceptors (Lipinski definition) is 2. The summed E-state index contributed by atoms with van der Waals surface area (Å²) in [5.74, 6) is 0. The van der Waals surface area contributed by atoms with Gasteiger partial charge in [0, 0.05) is 31.4 Å². The third-order valence-electron chi connectivity index (χ3n) is 3.87. The van der Waals surface area contributed by atoms with Gasteiger partial charge in [-0.1, -0.05) is 23.7 Å². The second-order valence-corrected chi connectivity index (χ2v) is 5.90. The molecular formula is C17H19ClN2. The van der Waals surface area contributed by atoms with Crippen molar-refractivity contribution in [3.8, 4) is 11.1 Å². The zero-order valence-electron chi connectivity index (χ0n) is 11.9. The highest BCUT2D eigenvalue weighted by atomic mass is 35.5. The molecular weight excluding hydrogens is 268 g/mol. The van der Waals surface area contributed by atoms with Gasteiger partial charge in [0.1, 0.15) is 0 Å². The van der Waals surface area contributed by atoms with Gasteiger partial charge in [0.15, 0.2) is 0 Å². The molecule has 0 fully saturated rings. The summed E-state index contributed by atoms with van der Waals surface area (Å²) in [4.78, 5) is 2.11. The number of rotatable bonds is 2. The minimum atomic E-state index is 0.819. The number of anilines is 1. The van der Waals surface area contributed by atoms with E-state index in [0.29, 0.717) is 0 Å².